The van der Waals surface area contributed by atoms with Gasteiger partial charge in [0.15, 0.2) is 0 Å². The van der Waals surface area contributed by atoms with Crippen LogP contribution in [0.25, 0.3) is 10.2 Å². The Morgan fingerprint density at radius 3 is 2.70 bits per heavy atom. The fourth-order valence-electron chi connectivity index (χ4n) is 3.11. The minimum absolute atomic E-state index is 0.0486. The van der Waals surface area contributed by atoms with Crippen molar-refractivity contribution in [1.29, 1.82) is 0 Å². The van der Waals surface area contributed by atoms with Crippen LogP contribution < -0.4 is 11.1 Å². The summed E-state index contributed by atoms with van der Waals surface area (Å²) in [4.78, 5) is 14.1. The van der Waals surface area contributed by atoms with E-state index in [-0.39, 0.29) is 11.4 Å². The van der Waals surface area contributed by atoms with E-state index in [1.807, 2.05) is 14.0 Å². The number of carbonyl (C=O) groups is 1. The van der Waals surface area contributed by atoms with Crippen molar-refractivity contribution in [2.45, 2.75) is 45.1 Å². The summed E-state index contributed by atoms with van der Waals surface area (Å²) in [7, 11) is 1.88. The van der Waals surface area contributed by atoms with E-state index in [2.05, 4.69) is 17.3 Å². The van der Waals surface area contributed by atoms with Crippen LogP contribution in [0.2, 0.25) is 0 Å². The SMILES string of the molecule is Cc1nn(C)c2sc(C(=O)NC3(C)CCCC3)c(N)c12. The lowest BCUT2D eigenvalue weighted by Crippen LogP contribution is -2.43. The lowest BCUT2D eigenvalue weighted by molar-refractivity contribution is 0.0913. The number of rotatable bonds is 2. The van der Waals surface area contributed by atoms with Gasteiger partial charge in [0.1, 0.15) is 9.71 Å². The van der Waals surface area contributed by atoms with Crippen molar-refractivity contribution >= 4 is 33.1 Å². The fourth-order valence-corrected chi connectivity index (χ4v) is 4.19. The number of anilines is 1. The standard InChI is InChI=1S/C14H20N4OS/c1-8-9-10(15)11(20-13(9)18(3)17-8)12(19)16-14(2)6-4-5-7-14/h4-7,15H2,1-3H3,(H,16,19). The number of amides is 1. The molecule has 0 unspecified atom stereocenters. The van der Waals surface area contributed by atoms with Crippen molar-refractivity contribution in [2.75, 3.05) is 5.73 Å². The normalized spacial score (nSPS) is 17.8. The molecule has 1 fully saturated rings. The zero-order chi connectivity index (χ0) is 14.5. The zero-order valence-corrected chi connectivity index (χ0v) is 12.9. The van der Waals surface area contributed by atoms with E-state index in [1.165, 1.54) is 24.2 Å². The highest BCUT2D eigenvalue weighted by molar-refractivity contribution is 7.21. The molecule has 0 atom stereocenters. The van der Waals surface area contributed by atoms with Crippen molar-refractivity contribution < 1.29 is 4.79 Å². The highest BCUT2D eigenvalue weighted by Gasteiger charge is 2.32. The molecular weight excluding hydrogens is 272 g/mol. The summed E-state index contributed by atoms with van der Waals surface area (Å²) in [5.74, 6) is -0.0486. The second kappa shape index (κ2) is 4.48. The van der Waals surface area contributed by atoms with E-state index in [4.69, 9.17) is 5.73 Å². The van der Waals surface area contributed by atoms with E-state index in [1.54, 1.807) is 4.68 Å². The van der Waals surface area contributed by atoms with Crippen LogP contribution >= 0.6 is 11.3 Å². The molecule has 5 nitrogen and oxygen atoms in total. The van der Waals surface area contributed by atoms with E-state index >= 15 is 0 Å². The predicted octanol–water partition coefficient (Wildman–Crippen LogP) is 2.59. The largest absolute Gasteiger partial charge is 0.397 e. The highest BCUT2D eigenvalue weighted by atomic mass is 32.1. The maximum absolute atomic E-state index is 12.5. The van der Waals surface area contributed by atoms with Gasteiger partial charge in [-0.3, -0.25) is 9.48 Å². The van der Waals surface area contributed by atoms with Crippen LogP contribution in [0.1, 0.15) is 48.0 Å². The van der Waals surface area contributed by atoms with Crippen LogP contribution in [-0.2, 0) is 7.05 Å². The van der Waals surface area contributed by atoms with Gasteiger partial charge in [-0.2, -0.15) is 5.10 Å². The second-order valence-corrected chi connectivity index (χ2v) is 6.95. The minimum Gasteiger partial charge on any atom is -0.397 e. The molecule has 0 radical (unpaired) electrons. The Bertz CT molecular complexity index is 679. The Labute approximate surface area is 122 Å². The average molecular weight is 292 g/mol. The monoisotopic (exact) mass is 292 g/mol. The lowest BCUT2D eigenvalue weighted by Gasteiger charge is -2.25. The Hall–Kier alpha value is -1.56. The molecule has 1 amide bonds. The van der Waals surface area contributed by atoms with E-state index in [0.717, 1.165) is 28.8 Å². The molecule has 20 heavy (non-hydrogen) atoms. The average Bonchev–Trinajstić information content (AvgIpc) is 2.99. The third kappa shape index (κ3) is 1.98. The van der Waals surface area contributed by atoms with E-state index < -0.39 is 0 Å². The molecule has 0 bridgehead atoms. The van der Waals surface area contributed by atoms with Gasteiger partial charge in [0.05, 0.1) is 16.8 Å². The summed E-state index contributed by atoms with van der Waals surface area (Å²) in [5, 5.41) is 8.42. The number of aryl methyl sites for hydroxylation is 2. The van der Waals surface area contributed by atoms with E-state index in [0.29, 0.717) is 10.6 Å². The molecule has 1 aliphatic rings. The number of nitrogens with two attached hydrogens (primary N) is 1. The van der Waals surface area contributed by atoms with Crippen molar-refractivity contribution in [3.8, 4) is 0 Å². The molecule has 2 aromatic rings. The molecule has 1 aliphatic carbocycles. The van der Waals surface area contributed by atoms with Crippen LogP contribution in [0.15, 0.2) is 0 Å². The number of nitrogens with zero attached hydrogens (tertiary/aromatic N) is 2. The number of nitrogens with one attached hydrogen (secondary N) is 1. The van der Waals surface area contributed by atoms with Gasteiger partial charge in [0.2, 0.25) is 0 Å². The summed E-state index contributed by atoms with van der Waals surface area (Å²) < 4.78 is 1.79. The van der Waals surface area contributed by atoms with Gasteiger partial charge >= 0.3 is 0 Å². The molecule has 0 saturated heterocycles. The van der Waals surface area contributed by atoms with Gasteiger partial charge in [-0.25, -0.2) is 0 Å². The maximum atomic E-state index is 12.5. The topological polar surface area (TPSA) is 72.9 Å². The lowest BCUT2D eigenvalue weighted by atomic mass is 10.0. The summed E-state index contributed by atoms with van der Waals surface area (Å²) in [6.07, 6.45) is 4.46. The molecule has 2 heterocycles. The summed E-state index contributed by atoms with van der Waals surface area (Å²) in [5.41, 5.74) is 7.53. The second-order valence-electron chi connectivity index (χ2n) is 5.96. The number of thiophene rings is 1. The van der Waals surface area contributed by atoms with E-state index in [9.17, 15) is 4.79 Å². The van der Waals surface area contributed by atoms with Gasteiger partial charge in [0.25, 0.3) is 5.91 Å². The Balaban J connectivity index is 1.96. The third-order valence-corrected chi connectivity index (χ3v) is 5.48. The number of fused-ring (bicyclic) bond motifs is 1. The smallest absolute Gasteiger partial charge is 0.263 e. The van der Waals surface area contributed by atoms with Crippen molar-refractivity contribution in [1.82, 2.24) is 15.1 Å². The van der Waals surface area contributed by atoms with Crippen LogP contribution in [-0.4, -0.2) is 21.2 Å². The maximum Gasteiger partial charge on any atom is 0.263 e. The third-order valence-electron chi connectivity index (χ3n) is 4.21. The first-order valence-electron chi connectivity index (χ1n) is 6.95. The quantitative estimate of drug-likeness (QED) is 0.893. The zero-order valence-electron chi connectivity index (χ0n) is 12.1. The Morgan fingerprint density at radius 2 is 2.10 bits per heavy atom. The first-order valence-corrected chi connectivity index (χ1v) is 7.77. The molecule has 6 heteroatoms. The first-order chi connectivity index (χ1) is 9.41. The Kier molecular flexibility index (Phi) is 3.01. The van der Waals surface area contributed by atoms with Crippen molar-refractivity contribution in [3.05, 3.63) is 10.6 Å². The molecule has 0 spiro atoms. The van der Waals surface area contributed by atoms with Crippen LogP contribution in [0.5, 0.6) is 0 Å². The van der Waals surface area contributed by atoms with Gasteiger partial charge in [0, 0.05) is 12.6 Å². The first kappa shape index (κ1) is 13.4. The number of carbonyl (C=O) groups excluding carboxylic acids is 1. The highest BCUT2D eigenvalue weighted by Crippen LogP contribution is 2.36. The molecule has 0 aromatic carbocycles. The number of aromatic nitrogens is 2. The van der Waals surface area contributed by atoms with Crippen LogP contribution in [0.4, 0.5) is 5.69 Å². The van der Waals surface area contributed by atoms with Gasteiger partial charge in [-0.1, -0.05) is 12.8 Å². The number of hydrogen-bond acceptors (Lipinski definition) is 4. The molecule has 0 aliphatic heterocycles. The van der Waals surface area contributed by atoms with Crippen molar-refractivity contribution in [2.24, 2.45) is 7.05 Å². The van der Waals surface area contributed by atoms with Crippen LogP contribution in [0, 0.1) is 6.92 Å². The molecular formula is C14H20N4OS. The fraction of sp³-hybridized carbons (Fsp3) is 0.571. The molecule has 1 saturated carbocycles. The summed E-state index contributed by atoms with van der Waals surface area (Å²) in [6, 6.07) is 0. The molecule has 2 aromatic heterocycles. The molecule has 3 N–H and O–H groups in total. The molecule has 3 rings (SSSR count). The summed E-state index contributed by atoms with van der Waals surface area (Å²) >= 11 is 1.42. The van der Waals surface area contributed by atoms with Crippen LogP contribution in [0.3, 0.4) is 0 Å². The minimum atomic E-state index is -0.0764. The van der Waals surface area contributed by atoms with Gasteiger partial charge in [-0.05, 0) is 26.7 Å². The number of hydrogen-bond donors (Lipinski definition) is 2. The summed E-state index contributed by atoms with van der Waals surface area (Å²) in [6.45, 7) is 4.04. The Morgan fingerprint density at radius 1 is 1.45 bits per heavy atom. The van der Waals surface area contributed by atoms with Crippen molar-refractivity contribution in [3.63, 3.8) is 0 Å². The van der Waals surface area contributed by atoms with Gasteiger partial charge in [-0.15, -0.1) is 11.3 Å². The number of nitrogen functional groups attached to an aromatic ring is 1. The van der Waals surface area contributed by atoms with Gasteiger partial charge < -0.3 is 11.1 Å². The molecule has 108 valence electrons. The predicted molar refractivity (Wildman–Crippen MR) is 82.1 cm³/mol.